The second-order valence-electron chi connectivity index (χ2n) is 5.67. The Balaban J connectivity index is 1.85. The van der Waals surface area contributed by atoms with Crippen LogP contribution in [0.4, 0.5) is 0 Å². The molecule has 0 atom stereocenters. The highest BCUT2D eigenvalue weighted by Gasteiger charge is 2.13. The van der Waals surface area contributed by atoms with E-state index in [1.807, 2.05) is 6.92 Å². The monoisotopic (exact) mass is 386 g/mol. The van der Waals surface area contributed by atoms with Crippen molar-refractivity contribution >= 4 is 23.9 Å². The third-order valence-electron chi connectivity index (χ3n) is 3.67. The summed E-state index contributed by atoms with van der Waals surface area (Å²) in [6.07, 6.45) is 4.38. The highest BCUT2D eigenvalue weighted by atomic mass is 16.5. The molecule has 28 heavy (non-hydrogen) atoms. The van der Waals surface area contributed by atoms with Crippen molar-refractivity contribution in [3.8, 4) is 11.5 Å². The molecular weight excluding hydrogens is 364 g/mol. The number of aryl methyl sites for hydroxylation is 1. The summed E-state index contributed by atoms with van der Waals surface area (Å²) < 4.78 is 17.1. The standard InChI is InChI=1S/C20H22N2O6/c1-4-27-16-9-7-14(12-17(16)26-3)8-10-19(24)28-13-18(23)21-20(25)15-6-5-11-22(15)2/h5-12H,4,13H2,1-3H3,(H,21,23,25)/b10-8+. The summed E-state index contributed by atoms with van der Waals surface area (Å²) in [6.45, 7) is 1.81. The third-order valence-corrected chi connectivity index (χ3v) is 3.67. The second-order valence-corrected chi connectivity index (χ2v) is 5.67. The first-order valence-corrected chi connectivity index (χ1v) is 8.55. The zero-order chi connectivity index (χ0) is 20.5. The van der Waals surface area contributed by atoms with Crippen molar-refractivity contribution in [1.82, 2.24) is 9.88 Å². The number of esters is 1. The molecule has 0 spiro atoms. The van der Waals surface area contributed by atoms with Gasteiger partial charge in [-0.25, -0.2) is 4.79 Å². The summed E-state index contributed by atoms with van der Waals surface area (Å²) in [5, 5.41) is 2.16. The van der Waals surface area contributed by atoms with Gasteiger partial charge in [-0.15, -0.1) is 0 Å². The van der Waals surface area contributed by atoms with Crippen molar-refractivity contribution in [3.05, 3.63) is 53.9 Å². The van der Waals surface area contributed by atoms with Gasteiger partial charge >= 0.3 is 5.97 Å². The van der Waals surface area contributed by atoms with Crippen molar-refractivity contribution in [3.63, 3.8) is 0 Å². The number of methoxy groups -OCH3 is 1. The van der Waals surface area contributed by atoms with E-state index >= 15 is 0 Å². The number of nitrogens with zero attached hydrogens (tertiary/aromatic N) is 1. The van der Waals surface area contributed by atoms with Crippen LogP contribution in [0, 0.1) is 0 Å². The van der Waals surface area contributed by atoms with E-state index in [9.17, 15) is 14.4 Å². The van der Waals surface area contributed by atoms with Gasteiger partial charge in [0.1, 0.15) is 5.69 Å². The fraction of sp³-hybridized carbons (Fsp3) is 0.250. The van der Waals surface area contributed by atoms with Gasteiger partial charge in [-0.2, -0.15) is 0 Å². The van der Waals surface area contributed by atoms with E-state index in [0.717, 1.165) is 0 Å². The summed E-state index contributed by atoms with van der Waals surface area (Å²) in [5.74, 6) is -0.851. The molecule has 2 rings (SSSR count). The molecule has 148 valence electrons. The Morgan fingerprint density at radius 2 is 1.96 bits per heavy atom. The molecule has 0 radical (unpaired) electrons. The lowest BCUT2D eigenvalue weighted by molar-refractivity contribution is -0.143. The van der Waals surface area contributed by atoms with Crippen molar-refractivity contribution < 1.29 is 28.6 Å². The van der Waals surface area contributed by atoms with Crippen molar-refractivity contribution in [2.24, 2.45) is 7.05 Å². The minimum absolute atomic E-state index is 0.323. The summed E-state index contributed by atoms with van der Waals surface area (Å²) in [4.78, 5) is 35.4. The molecule has 0 aliphatic carbocycles. The van der Waals surface area contributed by atoms with Crippen LogP contribution in [0.5, 0.6) is 11.5 Å². The number of carbonyl (C=O) groups is 3. The van der Waals surface area contributed by atoms with Crippen LogP contribution in [0.15, 0.2) is 42.6 Å². The summed E-state index contributed by atoms with van der Waals surface area (Å²) in [5.41, 5.74) is 1.02. The van der Waals surface area contributed by atoms with Crippen LogP contribution >= 0.6 is 0 Å². The number of aromatic nitrogens is 1. The molecule has 2 aromatic rings. The number of hydrogen-bond acceptors (Lipinski definition) is 6. The molecule has 0 aliphatic rings. The Morgan fingerprint density at radius 3 is 2.61 bits per heavy atom. The van der Waals surface area contributed by atoms with Gasteiger partial charge in [0.25, 0.3) is 11.8 Å². The fourth-order valence-electron chi connectivity index (χ4n) is 2.34. The number of rotatable bonds is 8. The average molecular weight is 386 g/mol. The number of imide groups is 1. The maximum atomic E-state index is 11.9. The van der Waals surface area contributed by atoms with Crippen LogP contribution in [0.1, 0.15) is 23.0 Å². The highest BCUT2D eigenvalue weighted by Crippen LogP contribution is 2.28. The average Bonchev–Trinajstić information content (AvgIpc) is 3.11. The molecule has 0 unspecified atom stereocenters. The van der Waals surface area contributed by atoms with Gasteiger partial charge in [-0.1, -0.05) is 6.07 Å². The molecule has 0 saturated heterocycles. The smallest absolute Gasteiger partial charge is 0.331 e. The quantitative estimate of drug-likeness (QED) is 0.550. The van der Waals surface area contributed by atoms with E-state index < -0.39 is 24.4 Å². The number of benzene rings is 1. The highest BCUT2D eigenvalue weighted by molar-refractivity contribution is 6.04. The Hall–Kier alpha value is -3.55. The lowest BCUT2D eigenvalue weighted by atomic mass is 10.2. The maximum Gasteiger partial charge on any atom is 0.331 e. The second kappa shape index (κ2) is 9.96. The van der Waals surface area contributed by atoms with Crippen LogP contribution in [-0.4, -0.2) is 42.7 Å². The topological polar surface area (TPSA) is 95.9 Å². The van der Waals surface area contributed by atoms with Gasteiger partial charge in [0.05, 0.1) is 13.7 Å². The first kappa shape index (κ1) is 20.8. The largest absolute Gasteiger partial charge is 0.493 e. The lowest BCUT2D eigenvalue weighted by Gasteiger charge is -2.09. The predicted molar refractivity (Wildman–Crippen MR) is 102 cm³/mol. The zero-order valence-corrected chi connectivity index (χ0v) is 15.9. The molecule has 1 heterocycles. The third kappa shape index (κ3) is 5.73. The Kier molecular flexibility index (Phi) is 7.38. The molecular formula is C20H22N2O6. The van der Waals surface area contributed by atoms with Crippen molar-refractivity contribution in [2.75, 3.05) is 20.3 Å². The molecule has 0 saturated carbocycles. The van der Waals surface area contributed by atoms with E-state index in [1.165, 1.54) is 19.3 Å². The molecule has 8 heteroatoms. The molecule has 1 aromatic carbocycles. The van der Waals surface area contributed by atoms with Gasteiger partial charge in [-0.3, -0.25) is 14.9 Å². The molecule has 2 amide bonds. The maximum absolute atomic E-state index is 11.9. The van der Waals surface area contributed by atoms with Gasteiger partial charge < -0.3 is 18.8 Å². The zero-order valence-electron chi connectivity index (χ0n) is 15.9. The van der Waals surface area contributed by atoms with Crippen LogP contribution < -0.4 is 14.8 Å². The summed E-state index contributed by atoms with van der Waals surface area (Å²) in [7, 11) is 3.20. The Bertz CT molecular complexity index is 885. The molecule has 0 fully saturated rings. The van der Waals surface area contributed by atoms with E-state index in [0.29, 0.717) is 29.4 Å². The molecule has 0 aliphatic heterocycles. The number of hydrogen-bond donors (Lipinski definition) is 1. The molecule has 0 bridgehead atoms. The number of amides is 2. The number of ether oxygens (including phenoxy) is 3. The van der Waals surface area contributed by atoms with E-state index in [1.54, 1.807) is 48.1 Å². The lowest BCUT2D eigenvalue weighted by Crippen LogP contribution is -2.34. The SMILES string of the molecule is CCOc1ccc(/C=C/C(=O)OCC(=O)NC(=O)c2cccn2C)cc1OC. The summed E-state index contributed by atoms with van der Waals surface area (Å²) in [6, 6.07) is 8.45. The van der Waals surface area contributed by atoms with Gasteiger partial charge in [0, 0.05) is 19.3 Å². The molecule has 1 aromatic heterocycles. The van der Waals surface area contributed by atoms with Gasteiger partial charge in [0.15, 0.2) is 18.1 Å². The Morgan fingerprint density at radius 1 is 1.18 bits per heavy atom. The summed E-state index contributed by atoms with van der Waals surface area (Å²) >= 11 is 0. The van der Waals surface area contributed by atoms with Crippen LogP contribution in [0.3, 0.4) is 0 Å². The van der Waals surface area contributed by atoms with Crippen molar-refractivity contribution in [2.45, 2.75) is 6.92 Å². The van der Waals surface area contributed by atoms with E-state index in [4.69, 9.17) is 14.2 Å². The van der Waals surface area contributed by atoms with Gasteiger partial charge in [-0.05, 0) is 42.8 Å². The van der Waals surface area contributed by atoms with Crippen LogP contribution in [0.25, 0.3) is 6.08 Å². The van der Waals surface area contributed by atoms with Crippen molar-refractivity contribution in [1.29, 1.82) is 0 Å². The van der Waals surface area contributed by atoms with Crippen LogP contribution in [0.2, 0.25) is 0 Å². The molecule has 8 nitrogen and oxygen atoms in total. The minimum Gasteiger partial charge on any atom is -0.493 e. The number of carbonyl (C=O) groups excluding carboxylic acids is 3. The van der Waals surface area contributed by atoms with Crippen LogP contribution in [-0.2, 0) is 21.4 Å². The molecule has 1 N–H and O–H groups in total. The number of nitrogens with one attached hydrogen (secondary N) is 1. The normalized spacial score (nSPS) is 10.5. The predicted octanol–water partition coefficient (Wildman–Crippen LogP) is 1.95. The Labute approximate surface area is 162 Å². The minimum atomic E-state index is -0.714. The van der Waals surface area contributed by atoms with E-state index in [-0.39, 0.29) is 0 Å². The fourth-order valence-corrected chi connectivity index (χ4v) is 2.34. The van der Waals surface area contributed by atoms with E-state index in [2.05, 4.69) is 5.32 Å². The first-order chi connectivity index (χ1) is 13.4. The first-order valence-electron chi connectivity index (χ1n) is 8.55. The van der Waals surface area contributed by atoms with Gasteiger partial charge in [0.2, 0.25) is 0 Å².